The molecule has 0 aliphatic heterocycles. The number of hydrogen-bond acceptors (Lipinski definition) is 7. The van der Waals surface area contributed by atoms with Crippen molar-refractivity contribution in [1.29, 1.82) is 0 Å². The van der Waals surface area contributed by atoms with Gasteiger partial charge in [0.2, 0.25) is 11.8 Å². The van der Waals surface area contributed by atoms with E-state index in [1.165, 1.54) is 37.3 Å². The summed E-state index contributed by atoms with van der Waals surface area (Å²) in [4.78, 5) is 28.5. The van der Waals surface area contributed by atoms with E-state index in [0.29, 0.717) is 23.7 Å². The maximum absolute atomic E-state index is 14.2. The summed E-state index contributed by atoms with van der Waals surface area (Å²) >= 11 is 0. The fourth-order valence-corrected chi connectivity index (χ4v) is 6.09. The van der Waals surface area contributed by atoms with Crippen LogP contribution in [0.4, 0.5) is 5.69 Å². The third-order valence-corrected chi connectivity index (χ3v) is 8.69. The average molecular weight is 612 g/mol. The monoisotopic (exact) mass is 611 g/mol. The molecule has 43 heavy (non-hydrogen) atoms. The number of methoxy groups -OCH3 is 3. The molecule has 1 N–H and O–H groups in total. The van der Waals surface area contributed by atoms with Gasteiger partial charge >= 0.3 is 0 Å². The second kappa shape index (κ2) is 14.8. The Morgan fingerprint density at radius 2 is 1.56 bits per heavy atom. The highest BCUT2D eigenvalue weighted by Gasteiger charge is 2.33. The van der Waals surface area contributed by atoms with Crippen LogP contribution in [-0.4, -0.2) is 65.6 Å². The van der Waals surface area contributed by atoms with Crippen molar-refractivity contribution in [2.45, 2.75) is 51.6 Å². The Hall–Kier alpha value is -4.25. The maximum atomic E-state index is 14.2. The number of amides is 2. The molecule has 0 saturated carbocycles. The fourth-order valence-electron chi connectivity index (χ4n) is 4.67. The molecule has 11 heteroatoms. The predicted molar refractivity (Wildman–Crippen MR) is 166 cm³/mol. The predicted octanol–water partition coefficient (Wildman–Crippen LogP) is 4.47. The van der Waals surface area contributed by atoms with Crippen molar-refractivity contribution >= 4 is 27.5 Å². The van der Waals surface area contributed by atoms with E-state index in [2.05, 4.69) is 5.32 Å². The number of anilines is 1. The summed E-state index contributed by atoms with van der Waals surface area (Å²) in [5.41, 5.74) is 2.71. The van der Waals surface area contributed by atoms with Gasteiger partial charge in [0.05, 0.1) is 31.9 Å². The molecule has 3 rings (SSSR count). The van der Waals surface area contributed by atoms with Gasteiger partial charge in [0, 0.05) is 19.2 Å². The van der Waals surface area contributed by atoms with Gasteiger partial charge in [-0.15, -0.1) is 0 Å². The third-order valence-electron chi connectivity index (χ3n) is 6.92. The number of nitrogens with zero attached hydrogens (tertiary/aromatic N) is 2. The smallest absolute Gasteiger partial charge is 0.264 e. The van der Waals surface area contributed by atoms with Crippen LogP contribution in [-0.2, 0) is 26.2 Å². The van der Waals surface area contributed by atoms with Gasteiger partial charge in [-0.05, 0) is 80.3 Å². The van der Waals surface area contributed by atoms with E-state index in [4.69, 9.17) is 14.2 Å². The van der Waals surface area contributed by atoms with Gasteiger partial charge in [-0.1, -0.05) is 25.1 Å². The molecular weight excluding hydrogens is 570 g/mol. The zero-order valence-electron chi connectivity index (χ0n) is 25.8. The van der Waals surface area contributed by atoms with Gasteiger partial charge in [-0.25, -0.2) is 8.42 Å². The summed E-state index contributed by atoms with van der Waals surface area (Å²) in [5, 5.41) is 2.84. The molecule has 0 heterocycles. The first kappa shape index (κ1) is 33.3. The molecule has 3 aromatic rings. The van der Waals surface area contributed by atoms with Crippen molar-refractivity contribution in [2.24, 2.45) is 0 Å². The number of rotatable bonds is 14. The van der Waals surface area contributed by atoms with Crippen LogP contribution >= 0.6 is 0 Å². The first-order chi connectivity index (χ1) is 20.4. The second-order valence-corrected chi connectivity index (χ2v) is 12.1. The topological polar surface area (TPSA) is 114 Å². The van der Waals surface area contributed by atoms with Crippen molar-refractivity contribution in [1.82, 2.24) is 10.2 Å². The summed E-state index contributed by atoms with van der Waals surface area (Å²) in [6.45, 7) is 7.25. The molecule has 0 unspecified atom stereocenters. The minimum Gasteiger partial charge on any atom is -0.497 e. The molecule has 0 aliphatic carbocycles. The van der Waals surface area contributed by atoms with Crippen LogP contribution in [0, 0.1) is 13.8 Å². The summed E-state index contributed by atoms with van der Waals surface area (Å²) in [7, 11) is 0.135. The van der Waals surface area contributed by atoms with Crippen molar-refractivity contribution in [3.8, 4) is 17.2 Å². The average Bonchev–Trinajstić information content (AvgIpc) is 2.99. The Balaban J connectivity index is 2.10. The van der Waals surface area contributed by atoms with Crippen LogP contribution < -0.4 is 23.8 Å². The molecule has 10 nitrogen and oxygen atoms in total. The Labute approximate surface area is 254 Å². The molecule has 0 spiro atoms. The lowest BCUT2D eigenvalue weighted by Gasteiger charge is -2.32. The van der Waals surface area contributed by atoms with Crippen molar-refractivity contribution < 1.29 is 32.2 Å². The van der Waals surface area contributed by atoms with Crippen LogP contribution in [0.5, 0.6) is 17.2 Å². The summed E-state index contributed by atoms with van der Waals surface area (Å²) < 4.78 is 45.5. The number of hydrogen-bond donors (Lipinski definition) is 1. The van der Waals surface area contributed by atoms with Crippen LogP contribution in [0.1, 0.15) is 37.0 Å². The van der Waals surface area contributed by atoms with Crippen LogP contribution in [0.3, 0.4) is 0 Å². The third kappa shape index (κ3) is 8.19. The zero-order chi connectivity index (χ0) is 31.7. The van der Waals surface area contributed by atoms with E-state index < -0.39 is 28.5 Å². The molecule has 0 radical (unpaired) electrons. The number of carbonyl (C=O) groups is 2. The highest BCUT2D eigenvalue weighted by atomic mass is 32.2. The lowest BCUT2D eigenvalue weighted by Crippen LogP contribution is -2.51. The normalized spacial score (nSPS) is 11.8. The van der Waals surface area contributed by atoms with E-state index in [9.17, 15) is 18.0 Å². The second-order valence-electron chi connectivity index (χ2n) is 10.2. The number of carbonyl (C=O) groups excluding carboxylic acids is 2. The van der Waals surface area contributed by atoms with E-state index >= 15 is 0 Å². The molecular formula is C32H41N3O7S. The lowest BCUT2D eigenvalue weighted by atomic mass is 10.1. The van der Waals surface area contributed by atoms with Crippen molar-refractivity contribution in [3.63, 3.8) is 0 Å². The summed E-state index contributed by atoms with van der Waals surface area (Å²) in [5.74, 6) is 0.313. The standard InChI is InChI=1S/C32H41N3O7S/c1-8-14-33-32(37)24(4)34(20-25-10-9-11-27(18-25)40-5)31(36)21-35(26-16-22(2)15-23(3)17-26)43(38,39)28-12-13-29(41-6)30(19-28)42-7/h9-13,15-19,24H,8,14,20-21H2,1-7H3,(H,33,37)/t24-/m1/s1. The number of benzene rings is 3. The first-order valence-corrected chi connectivity index (χ1v) is 15.4. The minimum atomic E-state index is -4.29. The van der Waals surface area contributed by atoms with Crippen molar-refractivity contribution in [2.75, 3.05) is 38.7 Å². The molecule has 0 aromatic heterocycles. The number of ether oxygens (including phenoxy) is 3. The first-order valence-electron chi connectivity index (χ1n) is 14.0. The zero-order valence-corrected chi connectivity index (χ0v) is 26.7. The number of nitrogens with one attached hydrogen (secondary N) is 1. The molecule has 3 aromatic carbocycles. The molecule has 0 fully saturated rings. The highest BCUT2D eigenvalue weighted by molar-refractivity contribution is 7.92. The Morgan fingerprint density at radius 3 is 2.16 bits per heavy atom. The molecule has 232 valence electrons. The van der Waals surface area contributed by atoms with E-state index in [1.807, 2.05) is 32.9 Å². The molecule has 2 amide bonds. The van der Waals surface area contributed by atoms with Crippen LogP contribution in [0.25, 0.3) is 0 Å². The Kier molecular flexibility index (Phi) is 11.4. The number of sulfonamides is 1. The van der Waals surface area contributed by atoms with Gasteiger partial charge in [-0.3, -0.25) is 13.9 Å². The minimum absolute atomic E-state index is 0.0633. The van der Waals surface area contributed by atoms with Gasteiger partial charge in [0.15, 0.2) is 11.5 Å². The molecule has 0 aliphatic rings. The fraction of sp³-hybridized carbons (Fsp3) is 0.375. The molecule has 1 atom stereocenters. The van der Waals surface area contributed by atoms with E-state index in [-0.39, 0.29) is 23.1 Å². The maximum Gasteiger partial charge on any atom is 0.264 e. The van der Waals surface area contributed by atoms with Crippen LogP contribution in [0.2, 0.25) is 0 Å². The quantitative estimate of drug-likeness (QED) is 0.286. The summed E-state index contributed by atoms with van der Waals surface area (Å²) in [6, 6.07) is 15.9. The van der Waals surface area contributed by atoms with Crippen LogP contribution in [0.15, 0.2) is 65.6 Å². The van der Waals surface area contributed by atoms with Crippen molar-refractivity contribution in [3.05, 3.63) is 77.4 Å². The van der Waals surface area contributed by atoms with Gasteiger partial charge < -0.3 is 24.4 Å². The van der Waals surface area contributed by atoms with E-state index in [0.717, 1.165) is 27.4 Å². The van der Waals surface area contributed by atoms with Gasteiger partial charge in [0.25, 0.3) is 10.0 Å². The Bertz CT molecular complexity index is 1520. The highest BCUT2D eigenvalue weighted by Crippen LogP contribution is 2.33. The van der Waals surface area contributed by atoms with Gasteiger partial charge in [0.1, 0.15) is 18.3 Å². The molecule has 0 bridgehead atoms. The number of aryl methyl sites for hydroxylation is 2. The summed E-state index contributed by atoms with van der Waals surface area (Å²) in [6.07, 6.45) is 0.729. The lowest BCUT2D eigenvalue weighted by molar-refractivity contribution is -0.139. The largest absolute Gasteiger partial charge is 0.497 e. The SMILES string of the molecule is CCCNC(=O)[C@@H](C)N(Cc1cccc(OC)c1)C(=O)CN(c1cc(C)cc(C)c1)S(=O)(=O)c1ccc(OC)c(OC)c1. The van der Waals surface area contributed by atoms with E-state index in [1.54, 1.807) is 44.4 Å². The molecule has 0 saturated heterocycles. The van der Waals surface area contributed by atoms with Gasteiger partial charge in [-0.2, -0.15) is 0 Å². The Morgan fingerprint density at radius 1 is 0.884 bits per heavy atom.